The molecule has 0 fully saturated rings. The van der Waals surface area contributed by atoms with Crippen molar-refractivity contribution in [2.75, 3.05) is 6.61 Å². The Hall–Kier alpha value is -3.03. The second-order valence-electron chi connectivity index (χ2n) is 8.70. The summed E-state index contributed by atoms with van der Waals surface area (Å²) in [5, 5.41) is 25.4. The number of aliphatic hydroxyl groups excluding tert-OH is 1. The van der Waals surface area contributed by atoms with Crippen molar-refractivity contribution >= 4 is 34.4 Å². The summed E-state index contributed by atoms with van der Waals surface area (Å²) >= 11 is 4.81. The van der Waals surface area contributed by atoms with E-state index in [-0.39, 0.29) is 35.1 Å². The first-order valence-corrected chi connectivity index (χ1v) is 11.0. The van der Waals surface area contributed by atoms with Gasteiger partial charge < -0.3 is 15.9 Å². The standard InChI is InChI=1S/C25H27N3O3S/c1-11-6-5-7-16-19(11)13(3)21-14(4)20-12(2)8-15(18(10-29)27-28-25(26)32)9-17(20)24(31)22(21)23(16)30/h5-7,12,15,29,31H,3,8-10H2,1-2,4H3,(H3,26,28,32)/b27-18+/t12-,15?/m0/s1. The third-order valence-electron chi connectivity index (χ3n) is 6.75. The van der Waals surface area contributed by atoms with Crippen LogP contribution in [0.3, 0.4) is 0 Å². The highest BCUT2D eigenvalue weighted by Gasteiger charge is 2.38. The van der Waals surface area contributed by atoms with Crippen molar-refractivity contribution in [3.8, 4) is 5.75 Å². The fraction of sp³-hybridized carbons (Fsp3) is 0.320. The zero-order valence-corrected chi connectivity index (χ0v) is 19.3. The van der Waals surface area contributed by atoms with E-state index in [1.165, 1.54) is 0 Å². The van der Waals surface area contributed by atoms with Crippen LogP contribution in [-0.2, 0) is 6.42 Å². The summed E-state index contributed by atoms with van der Waals surface area (Å²) in [4.78, 5) is 13.5. The molecule has 0 amide bonds. The third-order valence-corrected chi connectivity index (χ3v) is 6.84. The smallest absolute Gasteiger partial charge is 0.198 e. The van der Waals surface area contributed by atoms with Gasteiger partial charge in [-0.1, -0.05) is 31.7 Å². The minimum atomic E-state index is -0.255. The fourth-order valence-corrected chi connectivity index (χ4v) is 5.49. The number of thiocarbonyl (C=S) groups is 1. The average Bonchev–Trinajstić information content (AvgIpc) is 2.74. The number of nitrogens with one attached hydrogen (secondary N) is 1. The molecule has 0 spiro atoms. The van der Waals surface area contributed by atoms with Gasteiger partial charge in [-0.15, -0.1) is 0 Å². The highest BCUT2D eigenvalue weighted by Crippen LogP contribution is 2.49. The van der Waals surface area contributed by atoms with Crippen LogP contribution in [0.5, 0.6) is 5.75 Å². The van der Waals surface area contributed by atoms with Crippen LogP contribution in [0.15, 0.2) is 29.9 Å². The number of aliphatic hydroxyl groups is 1. The Bertz CT molecular complexity index is 1220. The molecule has 0 heterocycles. The third kappa shape index (κ3) is 3.32. The zero-order chi connectivity index (χ0) is 23.3. The van der Waals surface area contributed by atoms with Gasteiger partial charge in [0.05, 0.1) is 17.9 Å². The van der Waals surface area contributed by atoms with Gasteiger partial charge in [-0.3, -0.25) is 10.2 Å². The molecule has 2 aromatic carbocycles. The van der Waals surface area contributed by atoms with Crippen molar-refractivity contribution < 1.29 is 15.0 Å². The number of fused-ring (bicyclic) bond motifs is 3. The number of hydrogen-bond acceptors (Lipinski definition) is 5. The number of phenols is 1. The Morgan fingerprint density at radius 3 is 2.69 bits per heavy atom. The molecule has 2 atom stereocenters. The van der Waals surface area contributed by atoms with Crippen LogP contribution in [0, 0.1) is 19.8 Å². The Morgan fingerprint density at radius 1 is 1.31 bits per heavy atom. The van der Waals surface area contributed by atoms with Crippen LogP contribution in [0.2, 0.25) is 0 Å². The van der Waals surface area contributed by atoms with Crippen molar-refractivity contribution in [1.29, 1.82) is 0 Å². The Kier molecular flexibility index (Phi) is 5.65. The van der Waals surface area contributed by atoms with Gasteiger partial charge in [-0.2, -0.15) is 5.10 Å². The van der Waals surface area contributed by atoms with Crippen molar-refractivity contribution in [1.82, 2.24) is 5.43 Å². The summed E-state index contributed by atoms with van der Waals surface area (Å²) in [6, 6.07) is 5.61. The molecule has 2 aromatic rings. The van der Waals surface area contributed by atoms with Gasteiger partial charge in [0.2, 0.25) is 0 Å². The second-order valence-corrected chi connectivity index (χ2v) is 9.14. The number of aryl methyl sites for hydroxylation is 1. The van der Waals surface area contributed by atoms with Crippen LogP contribution in [0.4, 0.5) is 0 Å². The maximum atomic E-state index is 13.5. The van der Waals surface area contributed by atoms with Gasteiger partial charge in [0, 0.05) is 11.5 Å². The fourth-order valence-electron chi connectivity index (χ4n) is 5.45. The maximum Gasteiger partial charge on any atom is 0.198 e. The number of hydrazone groups is 1. The van der Waals surface area contributed by atoms with E-state index in [1.807, 2.05) is 26.0 Å². The summed E-state index contributed by atoms with van der Waals surface area (Å²) < 4.78 is 0. The molecular formula is C25H27N3O3S. The SMILES string of the molecule is C=C1c2c(C)cccc2C(=O)c2c(O)c3c(c(C)c21)[C@@H](C)CC(/C(CO)=N/NC(N)=S)C3. The molecule has 0 saturated carbocycles. The lowest BCUT2D eigenvalue weighted by molar-refractivity contribution is 0.103. The lowest BCUT2D eigenvalue weighted by Crippen LogP contribution is -2.32. The number of aromatic hydroxyl groups is 1. The summed E-state index contributed by atoms with van der Waals surface area (Å²) in [6.07, 6.45) is 1.19. The molecule has 2 aliphatic carbocycles. The largest absolute Gasteiger partial charge is 0.507 e. The summed E-state index contributed by atoms with van der Waals surface area (Å²) in [5.41, 5.74) is 15.5. The van der Waals surface area contributed by atoms with Gasteiger partial charge >= 0.3 is 0 Å². The molecule has 32 heavy (non-hydrogen) atoms. The summed E-state index contributed by atoms with van der Waals surface area (Å²) in [7, 11) is 0. The monoisotopic (exact) mass is 449 g/mol. The van der Waals surface area contributed by atoms with Crippen molar-refractivity contribution in [2.24, 2.45) is 16.8 Å². The number of ketones is 1. The molecule has 4 rings (SSSR count). The maximum absolute atomic E-state index is 13.5. The van der Waals surface area contributed by atoms with Gasteiger partial charge in [0.25, 0.3) is 0 Å². The van der Waals surface area contributed by atoms with Gasteiger partial charge in [-0.25, -0.2) is 0 Å². The molecule has 0 saturated heterocycles. The highest BCUT2D eigenvalue weighted by molar-refractivity contribution is 7.80. The lowest BCUT2D eigenvalue weighted by atomic mass is 9.69. The molecule has 0 bridgehead atoms. The highest BCUT2D eigenvalue weighted by atomic mass is 32.1. The molecule has 6 nitrogen and oxygen atoms in total. The Morgan fingerprint density at radius 2 is 2.03 bits per heavy atom. The molecule has 7 heteroatoms. The van der Waals surface area contributed by atoms with Crippen LogP contribution < -0.4 is 11.2 Å². The predicted molar refractivity (Wildman–Crippen MR) is 130 cm³/mol. The van der Waals surface area contributed by atoms with E-state index >= 15 is 0 Å². The van der Waals surface area contributed by atoms with Gasteiger partial charge in [0.1, 0.15) is 5.75 Å². The second kappa shape index (κ2) is 8.15. The van der Waals surface area contributed by atoms with Crippen LogP contribution in [-0.4, -0.2) is 33.4 Å². The molecule has 0 aliphatic heterocycles. The first-order chi connectivity index (χ1) is 15.2. The first-order valence-electron chi connectivity index (χ1n) is 10.6. The van der Waals surface area contributed by atoms with Crippen molar-refractivity contribution in [3.63, 3.8) is 0 Å². The lowest BCUT2D eigenvalue weighted by Gasteiger charge is -2.35. The van der Waals surface area contributed by atoms with E-state index in [4.69, 9.17) is 18.0 Å². The van der Waals surface area contributed by atoms with Crippen molar-refractivity contribution in [3.05, 3.63) is 69.3 Å². The summed E-state index contributed by atoms with van der Waals surface area (Å²) in [6.45, 7) is 10.1. The van der Waals surface area contributed by atoms with Crippen molar-refractivity contribution in [2.45, 2.75) is 39.5 Å². The van der Waals surface area contributed by atoms with E-state index < -0.39 is 0 Å². The number of nitrogens with zero attached hydrogens (tertiary/aromatic N) is 1. The van der Waals surface area contributed by atoms with Crippen LogP contribution in [0.25, 0.3) is 5.57 Å². The van der Waals surface area contributed by atoms with Gasteiger partial charge in [0.15, 0.2) is 10.9 Å². The molecule has 5 N–H and O–H groups in total. The Balaban J connectivity index is 1.88. The number of carbonyl (C=O) groups is 1. The number of rotatable bonds is 3. The van der Waals surface area contributed by atoms with E-state index in [9.17, 15) is 15.0 Å². The predicted octanol–water partition coefficient (Wildman–Crippen LogP) is 3.46. The minimum absolute atomic E-state index is 0.00931. The molecule has 0 aromatic heterocycles. The topological polar surface area (TPSA) is 108 Å². The van der Waals surface area contributed by atoms with Crippen LogP contribution >= 0.6 is 12.2 Å². The molecule has 0 radical (unpaired) electrons. The van der Waals surface area contributed by atoms with E-state index in [0.717, 1.165) is 45.4 Å². The average molecular weight is 450 g/mol. The normalized spacial score (nSPS) is 19.8. The minimum Gasteiger partial charge on any atom is -0.507 e. The number of nitrogens with two attached hydrogens (primary N) is 1. The number of benzene rings is 2. The zero-order valence-electron chi connectivity index (χ0n) is 18.5. The summed E-state index contributed by atoms with van der Waals surface area (Å²) in [5.74, 6) is -0.211. The molecule has 1 unspecified atom stereocenters. The number of hydrogen-bond donors (Lipinski definition) is 4. The Labute approximate surface area is 192 Å². The van der Waals surface area contributed by atoms with Gasteiger partial charge in [-0.05, 0) is 83.8 Å². The molecule has 2 aliphatic rings. The van der Waals surface area contributed by atoms with Crippen LogP contribution in [0.1, 0.15) is 68.6 Å². The van der Waals surface area contributed by atoms with E-state index in [1.54, 1.807) is 6.07 Å². The van der Waals surface area contributed by atoms with E-state index in [0.29, 0.717) is 23.3 Å². The molecule has 166 valence electrons. The molecular weight excluding hydrogens is 422 g/mol. The number of carbonyl (C=O) groups excluding carboxylic acids is 1. The number of phenolic OH excluding ortho intramolecular Hbond substituents is 1. The first kappa shape index (κ1) is 22.2. The quantitative estimate of drug-likeness (QED) is 0.277. The van der Waals surface area contributed by atoms with E-state index in [2.05, 4.69) is 24.0 Å².